The Morgan fingerprint density at radius 1 is 1.21 bits per heavy atom. The number of esters is 1. The van der Waals surface area contributed by atoms with Crippen LogP contribution in [0.1, 0.15) is 42.3 Å². The molecule has 0 aliphatic heterocycles. The Hall–Kier alpha value is -3.61. The number of hydrogen-bond donors (Lipinski definition) is 1. The van der Waals surface area contributed by atoms with Gasteiger partial charge in [-0.2, -0.15) is 5.26 Å². The maximum atomic E-state index is 12.4. The second-order valence-corrected chi connectivity index (χ2v) is 17.1. The van der Waals surface area contributed by atoms with Gasteiger partial charge in [0, 0.05) is 43.8 Å². The number of rotatable bonds is 11. The molecule has 1 unspecified atom stereocenters. The van der Waals surface area contributed by atoms with Gasteiger partial charge in [-0.15, -0.1) is 0 Å². The van der Waals surface area contributed by atoms with E-state index in [1.54, 1.807) is 19.2 Å². The fraction of sp³-hybridized carbons (Fsp3) is 0.433. The summed E-state index contributed by atoms with van der Waals surface area (Å²) in [6, 6.07) is 12.9. The number of ether oxygens (including phenoxy) is 3. The highest BCUT2D eigenvalue weighted by Crippen LogP contribution is 2.46. The molecule has 2 aromatic heterocycles. The lowest BCUT2D eigenvalue weighted by atomic mass is 9.75. The molecule has 0 saturated carbocycles. The average Bonchev–Trinajstić information content (AvgIpc) is 3.54. The summed E-state index contributed by atoms with van der Waals surface area (Å²) in [5, 5.41) is 10.6. The summed E-state index contributed by atoms with van der Waals surface area (Å²) in [6.07, 6.45) is 2.55. The van der Waals surface area contributed by atoms with Crippen molar-refractivity contribution in [3.05, 3.63) is 59.0 Å². The number of aryl methyl sites for hydroxylation is 1. The predicted octanol–water partition coefficient (Wildman–Crippen LogP) is 6.28. The molecule has 0 bridgehead atoms. The van der Waals surface area contributed by atoms with Crippen LogP contribution in [-0.2, 0) is 26.4 Å². The third-order valence-electron chi connectivity index (χ3n) is 7.42. The molecule has 0 saturated heterocycles. The van der Waals surface area contributed by atoms with E-state index in [1.165, 1.54) is 7.11 Å². The number of methoxy groups -OCH3 is 2. The van der Waals surface area contributed by atoms with Crippen molar-refractivity contribution in [2.45, 2.75) is 64.5 Å². The van der Waals surface area contributed by atoms with E-state index in [2.05, 4.69) is 42.2 Å². The van der Waals surface area contributed by atoms with Crippen LogP contribution in [0.25, 0.3) is 21.9 Å². The van der Waals surface area contributed by atoms with E-state index >= 15 is 0 Å². The zero-order valence-electron chi connectivity index (χ0n) is 24.0. The molecule has 4 aromatic rings. The van der Waals surface area contributed by atoms with Crippen molar-refractivity contribution in [2.24, 2.45) is 0 Å². The molecule has 0 spiro atoms. The summed E-state index contributed by atoms with van der Waals surface area (Å²) in [7, 11) is 1.79. The van der Waals surface area contributed by atoms with Crippen LogP contribution in [0.4, 0.5) is 0 Å². The van der Waals surface area contributed by atoms with E-state index in [1.807, 2.05) is 31.3 Å². The van der Waals surface area contributed by atoms with Gasteiger partial charge in [-0.3, -0.25) is 4.79 Å². The Morgan fingerprint density at radius 3 is 2.64 bits per heavy atom. The zero-order chi connectivity index (χ0) is 28.4. The smallest absolute Gasteiger partial charge is 0.305 e. The number of nitrogens with one attached hydrogen (secondary N) is 1. The summed E-state index contributed by atoms with van der Waals surface area (Å²) in [5.41, 5.74) is 4.37. The first kappa shape index (κ1) is 28.4. The van der Waals surface area contributed by atoms with Gasteiger partial charge in [0.15, 0.2) is 0 Å². The molecule has 9 heteroatoms. The molecule has 1 N–H and O–H groups in total. The molecule has 0 aliphatic carbocycles. The Morgan fingerprint density at radius 2 is 1.97 bits per heavy atom. The molecule has 8 nitrogen and oxygen atoms in total. The number of hydrogen-bond acceptors (Lipinski definition) is 6. The van der Waals surface area contributed by atoms with Crippen LogP contribution >= 0.6 is 0 Å². The number of aromatic nitrogens is 3. The zero-order valence-corrected chi connectivity index (χ0v) is 25.0. The van der Waals surface area contributed by atoms with Crippen molar-refractivity contribution in [1.82, 2.24) is 14.5 Å². The van der Waals surface area contributed by atoms with Crippen LogP contribution in [0.5, 0.6) is 5.75 Å². The molecule has 4 rings (SSSR count). The van der Waals surface area contributed by atoms with E-state index in [0.717, 1.165) is 45.2 Å². The highest BCUT2D eigenvalue weighted by molar-refractivity contribution is 6.76. The van der Waals surface area contributed by atoms with Gasteiger partial charge >= 0.3 is 5.97 Å². The van der Waals surface area contributed by atoms with Gasteiger partial charge < -0.3 is 23.8 Å². The van der Waals surface area contributed by atoms with Crippen LogP contribution in [0, 0.1) is 18.3 Å². The number of carbonyl (C=O) groups excluding carboxylic acids is 1. The number of carbonyl (C=O) groups is 1. The first-order valence-corrected chi connectivity index (χ1v) is 16.9. The number of fused-ring (bicyclic) bond motifs is 2. The van der Waals surface area contributed by atoms with E-state index in [0.29, 0.717) is 30.8 Å². The van der Waals surface area contributed by atoms with Gasteiger partial charge in [-0.1, -0.05) is 19.6 Å². The molecule has 1 atom stereocenters. The maximum absolute atomic E-state index is 12.4. The van der Waals surface area contributed by atoms with Gasteiger partial charge in [0.2, 0.25) is 0 Å². The third-order valence-corrected chi connectivity index (χ3v) is 9.12. The van der Waals surface area contributed by atoms with Crippen LogP contribution < -0.4 is 4.74 Å². The van der Waals surface area contributed by atoms with Crippen LogP contribution in [0.2, 0.25) is 25.7 Å². The van der Waals surface area contributed by atoms with E-state index in [-0.39, 0.29) is 12.4 Å². The van der Waals surface area contributed by atoms with E-state index in [9.17, 15) is 10.1 Å². The SMILES string of the molecule is COC(=O)CCC(C)(c1c(OC)cc(C)c2[nH]ccc12)c1nc2cc(C#N)ccc2n1COCC[Si](C)(C)C. The topological polar surface area (TPSA) is 102 Å². The lowest BCUT2D eigenvalue weighted by Gasteiger charge is -2.32. The molecule has 39 heavy (non-hydrogen) atoms. The van der Waals surface area contributed by atoms with E-state index in [4.69, 9.17) is 19.2 Å². The number of nitriles is 1. The lowest BCUT2D eigenvalue weighted by Crippen LogP contribution is -2.31. The van der Waals surface area contributed by atoms with E-state index < -0.39 is 13.5 Å². The minimum atomic E-state index is -1.28. The summed E-state index contributed by atoms with van der Waals surface area (Å²) < 4.78 is 19.3. The normalized spacial score (nSPS) is 13.4. The molecular weight excluding hydrogens is 508 g/mol. The van der Waals surface area contributed by atoms with Crippen molar-refractivity contribution >= 4 is 36.0 Å². The Labute approximate surface area is 230 Å². The second-order valence-electron chi connectivity index (χ2n) is 11.5. The molecule has 0 radical (unpaired) electrons. The lowest BCUT2D eigenvalue weighted by molar-refractivity contribution is -0.140. The summed E-state index contributed by atoms with van der Waals surface area (Å²) in [6.45, 7) is 12.1. The largest absolute Gasteiger partial charge is 0.496 e. The predicted molar refractivity (Wildman–Crippen MR) is 156 cm³/mol. The minimum absolute atomic E-state index is 0.194. The fourth-order valence-corrected chi connectivity index (χ4v) is 5.95. The second kappa shape index (κ2) is 11.2. The molecule has 2 aromatic carbocycles. The van der Waals surface area contributed by atoms with Crippen molar-refractivity contribution < 1.29 is 19.0 Å². The number of imidazole rings is 1. The maximum Gasteiger partial charge on any atom is 0.305 e. The molecule has 0 fully saturated rings. The van der Waals surface area contributed by atoms with Crippen LogP contribution in [0.3, 0.4) is 0 Å². The van der Waals surface area contributed by atoms with Crippen molar-refractivity contribution in [2.75, 3.05) is 20.8 Å². The fourth-order valence-electron chi connectivity index (χ4n) is 5.20. The molecule has 0 amide bonds. The highest BCUT2D eigenvalue weighted by Gasteiger charge is 2.39. The Bertz CT molecular complexity index is 1540. The first-order valence-electron chi connectivity index (χ1n) is 13.2. The highest BCUT2D eigenvalue weighted by atomic mass is 28.3. The summed E-state index contributed by atoms with van der Waals surface area (Å²) in [5.74, 6) is 1.18. The molecule has 2 heterocycles. The van der Waals surface area contributed by atoms with Crippen LogP contribution in [0.15, 0.2) is 36.5 Å². The monoisotopic (exact) mass is 546 g/mol. The molecule has 206 valence electrons. The number of nitrogens with zero attached hydrogens (tertiary/aromatic N) is 3. The molecule has 0 aliphatic rings. The van der Waals surface area contributed by atoms with Gasteiger partial charge in [0.25, 0.3) is 0 Å². The van der Waals surface area contributed by atoms with Crippen LogP contribution in [-0.4, -0.2) is 49.4 Å². The van der Waals surface area contributed by atoms with Gasteiger partial charge in [0.05, 0.1) is 42.3 Å². The summed E-state index contributed by atoms with van der Waals surface area (Å²) in [4.78, 5) is 20.9. The first-order chi connectivity index (χ1) is 18.5. The Balaban J connectivity index is 1.96. The van der Waals surface area contributed by atoms with Gasteiger partial charge in [0.1, 0.15) is 18.3 Å². The number of aromatic amines is 1. The van der Waals surface area contributed by atoms with Crippen molar-refractivity contribution in [1.29, 1.82) is 5.26 Å². The van der Waals surface area contributed by atoms with Gasteiger partial charge in [-0.25, -0.2) is 4.98 Å². The van der Waals surface area contributed by atoms with Crippen molar-refractivity contribution in [3.63, 3.8) is 0 Å². The number of H-pyrrole nitrogens is 1. The standard InChI is InChI=1S/C30H38N4O4Si/c1-20-16-25(36-3)27(22-11-13-32-28(20)22)30(2,12-10-26(35)37-4)29-33-23-17-21(18-31)8-9-24(23)34(29)19-38-14-15-39(5,6)7/h8-9,11,13,16-17,32H,10,12,14-15,19H2,1-7H3. The quantitative estimate of drug-likeness (QED) is 0.135. The summed E-state index contributed by atoms with van der Waals surface area (Å²) >= 11 is 0. The van der Waals surface area contributed by atoms with Gasteiger partial charge in [-0.05, 0) is 62.2 Å². The Kier molecular flexibility index (Phi) is 8.19. The number of benzene rings is 2. The molecular formula is C30H38N4O4Si. The third kappa shape index (κ3) is 5.72. The average molecular weight is 547 g/mol. The minimum Gasteiger partial charge on any atom is -0.496 e. The van der Waals surface area contributed by atoms with Crippen molar-refractivity contribution in [3.8, 4) is 11.8 Å².